The van der Waals surface area contributed by atoms with Gasteiger partial charge in [0.2, 0.25) is 0 Å². The molecule has 3 nitrogen and oxygen atoms in total. The molecule has 2 atom stereocenters. The maximum atomic E-state index is 12.9. The van der Waals surface area contributed by atoms with Crippen LogP contribution in [0.5, 0.6) is 0 Å². The zero-order valence-corrected chi connectivity index (χ0v) is 10.5. The molecule has 1 aromatic carbocycles. The fourth-order valence-corrected chi connectivity index (χ4v) is 2.45. The van der Waals surface area contributed by atoms with Crippen LogP contribution in [-0.2, 0) is 9.53 Å². The summed E-state index contributed by atoms with van der Waals surface area (Å²) in [5, 5.41) is 3.27. The number of rotatable bonds is 3. The van der Waals surface area contributed by atoms with Crippen LogP contribution in [0.2, 0.25) is 0 Å². The smallest absolute Gasteiger partial charge is 0.309 e. The minimum atomic E-state index is -0.254. The molecule has 1 heterocycles. The Kier molecular flexibility index (Phi) is 4.31. The van der Waals surface area contributed by atoms with Gasteiger partial charge < -0.3 is 10.1 Å². The second kappa shape index (κ2) is 5.96. The fraction of sp³-hybridized carbons (Fsp3) is 0.500. The van der Waals surface area contributed by atoms with E-state index in [2.05, 4.69) is 5.32 Å². The van der Waals surface area contributed by atoms with E-state index in [1.165, 1.54) is 12.1 Å². The van der Waals surface area contributed by atoms with Gasteiger partial charge in [0.15, 0.2) is 0 Å². The second-order valence-electron chi connectivity index (χ2n) is 4.51. The van der Waals surface area contributed by atoms with Gasteiger partial charge in [-0.25, -0.2) is 4.39 Å². The summed E-state index contributed by atoms with van der Waals surface area (Å²) in [6, 6.07) is 6.37. The minimum absolute atomic E-state index is 0.0680. The van der Waals surface area contributed by atoms with Gasteiger partial charge in [0.1, 0.15) is 5.82 Å². The van der Waals surface area contributed by atoms with Crippen LogP contribution in [-0.4, -0.2) is 25.7 Å². The number of carbonyl (C=O) groups excluding carboxylic acids is 1. The molecule has 0 bridgehead atoms. The summed E-state index contributed by atoms with van der Waals surface area (Å²) >= 11 is 0. The van der Waals surface area contributed by atoms with Crippen molar-refractivity contribution in [1.82, 2.24) is 5.32 Å². The first-order valence-electron chi connectivity index (χ1n) is 6.35. The van der Waals surface area contributed by atoms with Crippen LogP contribution in [0.1, 0.15) is 24.8 Å². The summed E-state index contributed by atoms with van der Waals surface area (Å²) < 4.78 is 18.0. The number of nitrogens with one attached hydrogen (secondary N) is 1. The molecule has 1 aliphatic heterocycles. The van der Waals surface area contributed by atoms with E-state index in [-0.39, 0.29) is 23.6 Å². The van der Waals surface area contributed by atoms with Crippen LogP contribution in [0.3, 0.4) is 0 Å². The maximum absolute atomic E-state index is 12.9. The highest BCUT2D eigenvalue weighted by molar-refractivity contribution is 5.74. The highest BCUT2D eigenvalue weighted by Crippen LogP contribution is 2.30. The average molecular weight is 251 g/mol. The number of ether oxygens (including phenoxy) is 1. The molecule has 2 rings (SSSR count). The quantitative estimate of drug-likeness (QED) is 0.836. The monoisotopic (exact) mass is 251 g/mol. The molecule has 0 spiro atoms. The van der Waals surface area contributed by atoms with Gasteiger partial charge in [-0.3, -0.25) is 4.79 Å². The molecule has 0 radical (unpaired) electrons. The minimum Gasteiger partial charge on any atom is -0.466 e. The molecule has 1 saturated heterocycles. The molecule has 1 N–H and O–H groups in total. The predicted octanol–water partition coefficient (Wildman–Crippen LogP) is 2.08. The third-order valence-corrected chi connectivity index (χ3v) is 3.37. The molecule has 0 aliphatic carbocycles. The molecule has 18 heavy (non-hydrogen) atoms. The maximum Gasteiger partial charge on any atom is 0.309 e. The van der Waals surface area contributed by atoms with Gasteiger partial charge in [-0.15, -0.1) is 0 Å². The number of carbonyl (C=O) groups is 1. The van der Waals surface area contributed by atoms with Crippen LogP contribution in [0.4, 0.5) is 4.39 Å². The van der Waals surface area contributed by atoms with Gasteiger partial charge >= 0.3 is 5.97 Å². The Hall–Kier alpha value is -1.42. The Morgan fingerprint density at radius 1 is 1.44 bits per heavy atom. The van der Waals surface area contributed by atoms with Gasteiger partial charge in [0.05, 0.1) is 12.5 Å². The van der Waals surface area contributed by atoms with Crippen LogP contribution in [0.25, 0.3) is 0 Å². The van der Waals surface area contributed by atoms with E-state index in [0.717, 1.165) is 25.1 Å². The summed E-state index contributed by atoms with van der Waals surface area (Å²) in [7, 11) is 0. The second-order valence-corrected chi connectivity index (χ2v) is 4.51. The third kappa shape index (κ3) is 2.88. The molecule has 0 amide bonds. The molecule has 98 valence electrons. The van der Waals surface area contributed by atoms with Crippen molar-refractivity contribution >= 4 is 5.97 Å². The van der Waals surface area contributed by atoms with Gasteiger partial charge in [-0.2, -0.15) is 0 Å². The number of halogens is 1. The number of piperidine rings is 1. The van der Waals surface area contributed by atoms with E-state index < -0.39 is 0 Å². The first kappa shape index (κ1) is 13.0. The lowest BCUT2D eigenvalue weighted by Crippen LogP contribution is -2.39. The SMILES string of the molecule is CCOC(=O)[C@@H]1CCNC[C@H]1c1ccc(F)cc1. The van der Waals surface area contributed by atoms with Crippen LogP contribution in [0.15, 0.2) is 24.3 Å². The van der Waals surface area contributed by atoms with Crippen LogP contribution < -0.4 is 5.32 Å². The molecule has 1 fully saturated rings. The molecule has 0 aromatic heterocycles. The lowest BCUT2D eigenvalue weighted by molar-refractivity contribution is -0.149. The van der Waals surface area contributed by atoms with E-state index in [9.17, 15) is 9.18 Å². The van der Waals surface area contributed by atoms with E-state index in [1.54, 1.807) is 12.1 Å². The van der Waals surface area contributed by atoms with Crippen molar-refractivity contribution in [2.24, 2.45) is 5.92 Å². The first-order chi connectivity index (χ1) is 8.72. The van der Waals surface area contributed by atoms with Crippen molar-refractivity contribution in [3.8, 4) is 0 Å². The largest absolute Gasteiger partial charge is 0.466 e. The zero-order chi connectivity index (χ0) is 13.0. The summed E-state index contributed by atoms with van der Waals surface area (Å²) in [4.78, 5) is 11.9. The predicted molar refractivity (Wildman–Crippen MR) is 66.8 cm³/mol. The molecule has 0 unspecified atom stereocenters. The Labute approximate surface area is 106 Å². The molecule has 4 heteroatoms. The van der Waals surface area contributed by atoms with Crippen molar-refractivity contribution in [2.75, 3.05) is 19.7 Å². The lowest BCUT2D eigenvalue weighted by Gasteiger charge is -2.30. The summed E-state index contributed by atoms with van der Waals surface area (Å²) in [5.41, 5.74) is 0.988. The fourth-order valence-electron chi connectivity index (χ4n) is 2.45. The van der Waals surface area contributed by atoms with Crippen molar-refractivity contribution in [2.45, 2.75) is 19.3 Å². The first-order valence-corrected chi connectivity index (χ1v) is 6.35. The summed E-state index contributed by atoms with van der Waals surface area (Å²) in [6.07, 6.45) is 0.765. The number of hydrogen-bond donors (Lipinski definition) is 1. The lowest BCUT2D eigenvalue weighted by atomic mass is 9.81. The van der Waals surface area contributed by atoms with Gasteiger partial charge in [0, 0.05) is 12.5 Å². The number of hydrogen-bond acceptors (Lipinski definition) is 3. The molecular formula is C14H18FNO2. The third-order valence-electron chi connectivity index (χ3n) is 3.37. The highest BCUT2D eigenvalue weighted by Gasteiger charge is 2.32. The highest BCUT2D eigenvalue weighted by atomic mass is 19.1. The van der Waals surface area contributed by atoms with E-state index in [0.29, 0.717) is 6.61 Å². The average Bonchev–Trinajstić information content (AvgIpc) is 2.40. The van der Waals surface area contributed by atoms with Crippen molar-refractivity contribution in [3.63, 3.8) is 0 Å². The van der Waals surface area contributed by atoms with Gasteiger partial charge in [-0.05, 0) is 37.6 Å². The van der Waals surface area contributed by atoms with Crippen LogP contribution in [0, 0.1) is 11.7 Å². The van der Waals surface area contributed by atoms with Gasteiger partial charge in [0.25, 0.3) is 0 Å². The number of benzene rings is 1. The topological polar surface area (TPSA) is 38.3 Å². The normalized spacial score (nSPS) is 23.7. The number of esters is 1. The van der Waals surface area contributed by atoms with Crippen LogP contribution >= 0.6 is 0 Å². The zero-order valence-electron chi connectivity index (χ0n) is 10.5. The van der Waals surface area contributed by atoms with E-state index >= 15 is 0 Å². The van der Waals surface area contributed by atoms with E-state index in [1.807, 2.05) is 6.92 Å². The molecule has 0 saturated carbocycles. The Balaban J connectivity index is 2.17. The van der Waals surface area contributed by atoms with E-state index in [4.69, 9.17) is 4.74 Å². The molecular weight excluding hydrogens is 233 g/mol. The Bertz CT molecular complexity index is 405. The van der Waals surface area contributed by atoms with Gasteiger partial charge in [-0.1, -0.05) is 12.1 Å². The van der Waals surface area contributed by atoms with Crippen molar-refractivity contribution in [1.29, 1.82) is 0 Å². The Morgan fingerprint density at radius 2 is 2.17 bits per heavy atom. The van der Waals surface area contributed by atoms with Crippen molar-refractivity contribution < 1.29 is 13.9 Å². The summed E-state index contributed by atoms with van der Waals surface area (Å²) in [6.45, 7) is 3.76. The standard InChI is InChI=1S/C14H18FNO2/c1-2-18-14(17)12-7-8-16-9-13(12)10-3-5-11(15)6-4-10/h3-6,12-13,16H,2,7-9H2,1H3/t12-,13+/m1/s1. The summed E-state index contributed by atoms with van der Waals surface area (Å²) in [5.74, 6) is -0.460. The molecule has 1 aliphatic rings. The Morgan fingerprint density at radius 3 is 2.83 bits per heavy atom. The van der Waals surface area contributed by atoms with Crippen molar-refractivity contribution in [3.05, 3.63) is 35.6 Å². The molecule has 1 aromatic rings.